The highest BCUT2D eigenvalue weighted by atomic mass is 16.5. The highest BCUT2D eigenvalue weighted by Gasteiger charge is 2.36. The number of hydrogen-bond donors (Lipinski definition) is 4. The molecule has 0 bridgehead atoms. The first kappa shape index (κ1) is 14.6. The van der Waals surface area contributed by atoms with Crippen LogP contribution in [-0.4, -0.2) is 59.8 Å². The van der Waals surface area contributed by atoms with E-state index in [0.717, 1.165) is 0 Å². The molecule has 0 aromatic carbocycles. The molecule has 2 unspecified atom stereocenters. The average Bonchev–Trinajstić information content (AvgIpc) is 3.10. The van der Waals surface area contributed by atoms with E-state index < -0.39 is 30.2 Å². The van der Waals surface area contributed by atoms with Crippen molar-refractivity contribution in [3.63, 3.8) is 0 Å². The highest BCUT2D eigenvalue weighted by molar-refractivity contribution is 5.71. The SMILES string of the molecule is O=c1c2ncn(C3C[C@H](O)[C@@H](CO)O3)c2nc2n1C(O)CCN2. The number of anilines is 1. The molecular weight excluding hydrogens is 306 g/mol. The maximum absolute atomic E-state index is 12.5. The van der Waals surface area contributed by atoms with Crippen LogP contribution in [-0.2, 0) is 4.74 Å². The smallest absolute Gasteiger partial charge is 0.285 e. The molecule has 4 atom stereocenters. The van der Waals surface area contributed by atoms with Gasteiger partial charge in [0, 0.05) is 19.4 Å². The quantitative estimate of drug-likeness (QED) is 0.527. The lowest BCUT2D eigenvalue weighted by atomic mass is 10.2. The molecule has 124 valence electrons. The fourth-order valence-electron chi connectivity index (χ4n) is 3.08. The largest absolute Gasteiger partial charge is 0.394 e. The second-order valence-electron chi connectivity index (χ2n) is 5.75. The highest BCUT2D eigenvalue weighted by Crippen LogP contribution is 2.31. The summed E-state index contributed by atoms with van der Waals surface area (Å²) in [5.41, 5.74) is 0.0152. The van der Waals surface area contributed by atoms with Crippen molar-refractivity contribution >= 4 is 17.1 Å². The number of nitrogens with one attached hydrogen (secondary N) is 1. The standard InChI is InChI=1S/C13H17N5O5/c19-4-7-6(20)3-9(23-7)17-5-15-10-11(17)16-13-14-2-1-8(21)18(13)12(10)22/h5-9,19-21H,1-4H2,(H,14,16)/t6-,7+,8?,9?/m0/s1. The Morgan fingerprint density at radius 2 is 2.26 bits per heavy atom. The predicted molar refractivity (Wildman–Crippen MR) is 77.8 cm³/mol. The van der Waals surface area contributed by atoms with Crippen LogP contribution in [0.15, 0.2) is 11.1 Å². The Balaban J connectivity index is 1.82. The Labute approximate surface area is 130 Å². The lowest BCUT2D eigenvalue weighted by Crippen LogP contribution is -2.34. The minimum atomic E-state index is -0.927. The maximum atomic E-state index is 12.5. The fraction of sp³-hybridized carbons (Fsp3) is 0.615. The molecule has 1 fully saturated rings. The minimum Gasteiger partial charge on any atom is -0.394 e. The summed E-state index contributed by atoms with van der Waals surface area (Å²) in [6.45, 7) is 0.224. The lowest BCUT2D eigenvalue weighted by Gasteiger charge is -2.24. The number of fused-ring (bicyclic) bond motifs is 2. The van der Waals surface area contributed by atoms with Crippen LogP contribution in [0.4, 0.5) is 5.95 Å². The van der Waals surface area contributed by atoms with Gasteiger partial charge in [-0.25, -0.2) is 9.55 Å². The third kappa shape index (κ3) is 2.14. The van der Waals surface area contributed by atoms with Crippen LogP contribution in [0.2, 0.25) is 0 Å². The molecule has 0 aliphatic carbocycles. The number of ether oxygens (including phenoxy) is 1. The Hall–Kier alpha value is -2.01. The molecule has 2 aromatic rings. The molecule has 0 amide bonds. The number of aliphatic hydroxyl groups excluding tert-OH is 3. The normalized spacial score (nSPS) is 30.4. The van der Waals surface area contributed by atoms with Gasteiger partial charge in [-0.1, -0.05) is 0 Å². The van der Waals surface area contributed by atoms with Crippen molar-refractivity contribution in [1.82, 2.24) is 19.1 Å². The van der Waals surface area contributed by atoms with Gasteiger partial charge in [-0.3, -0.25) is 9.36 Å². The Kier molecular flexibility index (Phi) is 3.34. The second-order valence-corrected chi connectivity index (χ2v) is 5.75. The number of hydrogen-bond acceptors (Lipinski definition) is 8. The Morgan fingerprint density at radius 1 is 1.43 bits per heavy atom. The first-order valence-corrected chi connectivity index (χ1v) is 7.45. The molecule has 0 saturated carbocycles. The predicted octanol–water partition coefficient (Wildman–Crippen LogP) is -1.46. The lowest BCUT2D eigenvalue weighted by molar-refractivity contribution is -0.0432. The van der Waals surface area contributed by atoms with Gasteiger partial charge in [0.2, 0.25) is 5.95 Å². The van der Waals surface area contributed by atoms with Crippen molar-refractivity contribution in [3.05, 3.63) is 16.7 Å². The number of nitrogens with zero attached hydrogens (tertiary/aromatic N) is 4. The zero-order valence-corrected chi connectivity index (χ0v) is 12.2. The van der Waals surface area contributed by atoms with E-state index in [2.05, 4.69) is 15.3 Å². The van der Waals surface area contributed by atoms with E-state index in [0.29, 0.717) is 18.6 Å². The van der Waals surface area contributed by atoms with Crippen molar-refractivity contribution in [2.75, 3.05) is 18.5 Å². The van der Waals surface area contributed by atoms with Crippen LogP contribution in [0, 0.1) is 0 Å². The van der Waals surface area contributed by atoms with Gasteiger partial charge in [0.1, 0.15) is 18.6 Å². The van der Waals surface area contributed by atoms with Gasteiger partial charge in [0.05, 0.1) is 19.0 Å². The molecule has 1 saturated heterocycles. The third-order valence-corrected chi connectivity index (χ3v) is 4.31. The molecule has 10 nitrogen and oxygen atoms in total. The summed E-state index contributed by atoms with van der Waals surface area (Å²) in [4.78, 5) is 21.0. The number of aromatic nitrogens is 4. The molecule has 4 N–H and O–H groups in total. The van der Waals surface area contributed by atoms with Crippen LogP contribution >= 0.6 is 0 Å². The van der Waals surface area contributed by atoms with E-state index in [1.165, 1.54) is 10.9 Å². The van der Waals surface area contributed by atoms with E-state index in [1.807, 2.05) is 0 Å². The Morgan fingerprint density at radius 3 is 3.00 bits per heavy atom. The van der Waals surface area contributed by atoms with E-state index in [-0.39, 0.29) is 24.5 Å². The van der Waals surface area contributed by atoms with Crippen molar-refractivity contribution in [1.29, 1.82) is 0 Å². The summed E-state index contributed by atoms with van der Waals surface area (Å²) in [7, 11) is 0. The zero-order valence-electron chi connectivity index (χ0n) is 12.2. The molecule has 4 heterocycles. The summed E-state index contributed by atoms with van der Waals surface area (Å²) >= 11 is 0. The molecule has 10 heteroatoms. The monoisotopic (exact) mass is 323 g/mol. The van der Waals surface area contributed by atoms with Gasteiger partial charge < -0.3 is 25.4 Å². The number of imidazole rings is 1. The summed E-state index contributed by atoms with van der Waals surface area (Å²) in [5.74, 6) is 0.278. The minimum absolute atomic E-state index is 0.127. The van der Waals surface area contributed by atoms with E-state index >= 15 is 0 Å². The molecule has 23 heavy (non-hydrogen) atoms. The Bertz CT molecular complexity index is 802. The molecular formula is C13H17N5O5. The molecule has 4 rings (SSSR count). The molecule has 0 radical (unpaired) electrons. The van der Waals surface area contributed by atoms with Gasteiger partial charge in [0.15, 0.2) is 11.2 Å². The van der Waals surface area contributed by atoms with Crippen LogP contribution in [0.5, 0.6) is 0 Å². The first-order chi connectivity index (χ1) is 11.1. The summed E-state index contributed by atoms with van der Waals surface area (Å²) in [5, 5.41) is 32.0. The molecule has 2 aliphatic heterocycles. The van der Waals surface area contributed by atoms with Crippen molar-refractivity contribution in [2.24, 2.45) is 0 Å². The summed E-state index contributed by atoms with van der Waals surface area (Å²) in [6, 6.07) is 0. The van der Waals surface area contributed by atoms with Gasteiger partial charge in [-0.15, -0.1) is 0 Å². The third-order valence-electron chi connectivity index (χ3n) is 4.31. The molecule has 2 aromatic heterocycles. The fourth-order valence-corrected chi connectivity index (χ4v) is 3.08. The van der Waals surface area contributed by atoms with Crippen LogP contribution < -0.4 is 10.9 Å². The van der Waals surface area contributed by atoms with Crippen LogP contribution in [0.3, 0.4) is 0 Å². The number of aliphatic hydroxyl groups is 3. The van der Waals surface area contributed by atoms with Gasteiger partial charge in [0.25, 0.3) is 5.56 Å². The number of rotatable bonds is 2. The average molecular weight is 323 g/mol. The van der Waals surface area contributed by atoms with E-state index in [1.54, 1.807) is 4.57 Å². The van der Waals surface area contributed by atoms with Gasteiger partial charge in [-0.2, -0.15) is 4.98 Å². The summed E-state index contributed by atoms with van der Waals surface area (Å²) < 4.78 is 8.34. The van der Waals surface area contributed by atoms with Crippen LogP contribution in [0.25, 0.3) is 11.2 Å². The van der Waals surface area contributed by atoms with Gasteiger partial charge in [-0.05, 0) is 0 Å². The van der Waals surface area contributed by atoms with Crippen molar-refractivity contribution in [2.45, 2.75) is 37.5 Å². The second kappa shape index (κ2) is 5.27. The topological polar surface area (TPSA) is 135 Å². The van der Waals surface area contributed by atoms with Gasteiger partial charge >= 0.3 is 0 Å². The van der Waals surface area contributed by atoms with E-state index in [4.69, 9.17) is 4.74 Å². The molecule has 2 aliphatic rings. The van der Waals surface area contributed by atoms with E-state index in [9.17, 15) is 20.1 Å². The van der Waals surface area contributed by atoms with Crippen molar-refractivity contribution < 1.29 is 20.1 Å². The molecule has 0 spiro atoms. The van der Waals surface area contributed by atoms with Crippen LogP contribution in [0.1, 0.15) is 25.3 Å². The zero-order chi connectivity index (χ0) is 16.1. The summed E-state index contributed by atoms with van der Waals surface area (Å²) in [6.07, 6.45) is -0.838. The van der Waals surface area contributed by atoms with Crippen molar-refractivity contribution in [3.8, 4) is 0 Å². The first-order valence-electron chi connectivity index (χ1n) is 7.45. The maximum Gasteiger partial charge on any atom is 0.285 e.